The number of hydrogen-bond donors (Lipinski definition) is 0. The molecule has 1 heterocycles. The summed E-state index contributed by atoms with van der Waals surface area (Å²) < 4.78 is 5.79. The Kier molecular flexibility index (Phi) is 1.43. The second-order valence-corrected chi connectivity index (χ2v) is 4.18. The minimum Gasteiger partial charge on any atom is -0.357 e. The summed E-state index contributed by atoms with van der Waals surface area (Å²) in [6.07, 6.45) is 8.36. The molecule has 2 nitrogen and oxygen atoms in total. The fourth-order valence-corrected chi connectivity index (χ4v) is 2.92. The highest BCUT2D eigenvalue weighted by Crippen LogP contribution is 2.50. The van der Waals surface area contributed by atoms with E-state index in [1.54, 1.807) is 0 Å². The maximum Gasteiger partial charge on any atom is 0.149 e. The van der Waals surface area contributed by atoms with Gasteiger partial charge in [-0.25, -0.2) is 0 Å². The number of rotatable bonds is 1. The lowest BCUT2D eigenvalue weighted by molar-refractivity contribution is -0.106. The monoisotopic (exact) mass is 188 g/mol. The number of hydrogen-bond acceptors (Lipinski definition) is 2. The average Bonchev–Trinajstić information content (AvgIpc) is 2.60. The van der Waals surface area contributed by atoms with Gasteiger partial charge in [-0.3, -0.25) is 4.79 Å². The van der Waals surface area contributed by atoms with Gasteiger partial charge in [0.2, 0.25) is 0 Å². The second kappa shape index (κ2) is 2.45. The summed E-state index contributed by atoms with van der Waals surface area (Å²) in [4.78, 5) is 11.0. The molecule has 72 valence electrons. The lowest BCUT2D eigenvalue weighted by Crippen LogP contribution is -2.42. The van der Waals surface area contributed by atoms with Crippen LogP contribution in [0.1, 0.15) is 13.3 Å². The lowest BCUT2D eigenvalue weighted by Gasteiger charge is -2.42. The van der Waals surface area contributed by atoms with Gasteiger partial charge in [-0.1, -0.05) is 18.2 Å². The van der Waals surface area contributed by atoms with Crippen molar-refractivity contribution in [3.05, 3.63) is 34.9 Å². The highest BCUT2D eigenvalue weighted by molar-refractivity contribution is 5.83. The fourth-order valence-electron chi connectivity index (χ4n) is 2.92. The van der Waals surface area contributed by atoms with Crippen molar-refractivity contribution in [2.45, 2.75) is 18.9 Å². The van der Waals surface area contributed by atoms with Crippen LogP contribution in [-0.4, -0.2) is 18.5 Å². The van der Waals surface area contributed by atoms with E-state index in [0.717, 1.165) is 18.3 Å². The van der Waals surface area contributed by atoms with Gasteiger partial charge in [-0.2, -0.15) is 0 Å². The summed E-state index contributed by atoms with van der Waals surface area (Å²) >= 11 is 0. The lowest BCUT2D eigenvalue weighted by atomic mass is 9.67. The Morgan fingerprint density at radius 1 is 1.57 bits per heavy atom. The third-order valence-electron chi connectivity index (χ3n) is 3.48. The molecule has 1 spiro atoms. The standard InChI is InChI=1S/C12H12O2/c1-8-4-9-5-10-2-3-14-12(8,10)11(6-9)7-13/h2,4,6-7,9H,3,5H2,1H3. The van der Waals surface area contributed by atoms with Crippen LogP contribution >= 0.6 is 0 Å². The van der Waals surface area contributed by atoms with Gasteiger partial charge in [0.05, 0.1) is 6.61 Å². The molecule has 0 N–H and O–H groups in total. The molecule has 14 heavy (non-hydrogen) atoms. The first-order chi connectivity index (χ1) is 6.77. The van der Waals surface area contributed by atoms with Gasteiger partial charge in [0.15, 0.2) is 0 Å². The Labute approximate surface area is 82.9 Å². The topological polar surface area (TPSA) is 26.3 Å². The zero-order chi connectivity index (χ0) is 9.76. The fraction of sp³-hybridized carbons (Fsp3) is 0.417. The van der Waals surface area contributed by atoms with E-state index in [0.29, 0.717) is 12.5 Å². The summed E-state index contributed by atoms with van der Waals surface area (Å²) in [7, 11) is 0. The van der Waals surface area contributed by atoms with Gasteiger partial charge < -0.3 is 4.74 Å². The predicted molar refractivity (Wildman–Crippen MR) is 52.8 cm³/mol. The van der Waals surface area contributed by atoms with Crippen molar-refractivity contribution in [2.75, 3.05) is 6.61 Å². The second-order valence-electron chi connectivity index (χ2n) is 4.18. The Bertz CT molecular complexity index is 401. The van der Waals surface area contributed by atoms with E-state index in [9.17, 15) is 4.79 Å². The van der Waals surface area contributed by atoms with E-state index in [-0.39, 0.29) is 0 Å². The van der Waals surface area contributed by atoms with Gasteiger partial charge in [0, 0.05) is 5.57 Å². The van der Waals surface area contributed by atoms with Crippen LogP contribution in [0.3, 0.4) is 0 Å². The summed E-state index contributed by atoms with van der Waals surface area (Å²) in [6, 6.07) is 0. The van der Waals surface area contributed by atoms with Gasteiger partial charge in [-0.15, -0.1) is 0 Å². The minimum atomic E-state index is -0.462. The number of aldehydes is 1. The third kappa shape index (κ3) is 0.735. The van der Waals surface area contributed by atoms with Gasteiger partial charge >= 0.3 is 0 Å². The van der Waals surface area contributed by atoms with Crippen LogP contribution < -0.4 is 0 Å². The van der Waals surface area contributed by atoms with Crippen LogP contribution in [0.4, 0.5) is 0 Å². The predicted octanol–water partition coefficient (Wildman–Crippen LogP) is 1.79. The van der Waals surface area contributed by atoms with E-state index in [1.807, 2.05) is 6.08 Å². The Morgan fingerprint density at radius 3 is 3.21 bits per heavy atom. The Morgan fingerprint density at radius 2 is 2.43 bits per heavy atom. The Balaban J connectivity index is 2.25. The van der Waals surface area contributed by atoms with Crippen LogP contribution in [0.5, 0.6) is 0 Å². The molecular formula is C12H12O2. The normalized spacial score (nSPS) is 38.6. The summed E-state index contributed by atoms with van der Waals surface area (Å²) in [5.41, 5.74) is 2.81. The average molecular weight is 188 g/mol. The van der Waals surface area contributed by atoms with Crippen LogP contribution in [0.25, 0.3) is 0 Å². The third-order valence-corrected chi connectivity index (χ3v) is 3.48. The highest BCUT2D eigenvalue weighted by atomic mass is 16.5. The molecule has 2 unspecified atom stereocenters. The van der Waals surface area contributed by atoms with Crippen molar-refractivity contribution in [2.24, 2.45) is 5.92 Å². The molecule has 2 bridgehead atoms. The molecule has 0 fully saturated rings. The largest absolute Gasteiger partial charge is 0.357 e. The molecule has 0 aromatic heterocycles. The molecule has 0 saturated carbocycles. The minimum absolute atomic E-state index is 0.407. The van der Waals surface area contributed by atoms with E-state index in [1.165, 1.54) is 11.1 Å². The first-order valence-corrected chi connectivity index (χ1v) is 4.97. The van der Waals surface area contributed by atoms with Crippen molar-refractivity contribution in [1.82, 2.24) is 0 Å². The molecule has 0 radical (unpaired) electrons. The smallest absolute Gasteiger partial charge is 0.149 e. The number of ether oxygens (including phenoxy) is 1. The van der Waals surface area contributed by atoms with E-state index >= 15 is 0 Å². The molecule has 0 saturated heterocycles. The van der Waals surface area contributed by atoms with E-state index in [4.69, 9.17) is 4.74 Å². The highest BCUT2D eigenvalue weighted by Gasteiger charge is 2.49. The van der Waals surface area contributed by atoms with Crippen LogP contribution in [0.15, 0.2) is 34.9 Å². The van der Waals surface area contributed by atoms with Crippen molar-refractivity contribution >= 4 is 6.29 Å². The maximum atomic E-state index is 11.0. The van der Waals surface area contributed by atoms with E-state index < -0.39 is 5.60 Å². The molecule has 1 aliphatic heterocycles. The van der Waals surface area contributed by atoms with Gasteiger partial charge in [0.25, 0.3) is 0 Å². The van der Waals surface area contributed by atoms with Crippen molar-refractivity contribution in [3.63, 3.8) is 0 Å². The molecule has 0 amide bonds. The van der Waals surface area contributed by atoms with Crippen molar-refractivity contribution in [3.8, 4) is 0 Å². The first-order valence-electron chi connectivity index (χ1n) is 4.97. The number of carbonyl (C=O) groups excluding carboxylic acids is 1. The summed E-state index contributed by atoms with van der Waals surface area (Å²) in [5.74, 6) is 0.407. The SMILES string of the molecule is CC1=CC2C=C(C=O)C13OCC=C3C2. The van der Waals surface area contributed by atoms with Crippen LogP contribution in [-0.2, 0) is 9.53 Å². The Hall–Kier alpha value is -1.15. The summed E-state index contributed by atoms with van der Waals surface area (Å²) in [6.45, 7) is 2.69. The van der Waals surface area contributed by atoms with E-state index in [2.05, 4.69) is 19.1 Å². The maximum absolute atomic E-state index is 11.0. The summed E-state index contributed by atoms with van der Waals surface area (Å²) in [5, 5.41) is 0. The number of carbonyl (C=O) groups is 1. The molecule has 3 aliphatic carbocycles. The van der Waals surface area contributed by atoms with Gasteiger partial charge in [-0.05, 0) is 30.4 Å². The molecule has 4 aliphatic rings. The quantitative estimate of drug-likeness (QED) is 0.463. The molecular weight excluding hydrogens is 176 g/mol. The van der Waals surface area contributed by atoms with Crippen molar-refractivity contribution < 1.29 is 9.53 Å². The first kappa shape index (κ1) is 8.18. The number of allylic oxidation sites excluding steroid dienone is 2. The molecule has 4 rings (SSSR count). The van der Waals surface area contributed by atoms with Crippen molar-refractivity contribution in [1.29, 1.82) is 0 Å². The molecule has 2 atom stereocenters. The van der Waals surface area contributed by atoms with Gasteiger partial charge in [0.1, 0.15) is 11.9 Å². The zero-order valence-corrected chi connectivity index (χ0v) is 8.12. The zero-order valence-electron chi connectivity index (χ0n) is 8.12. The molecule has 0 aromatic carbocycles. The molecule has 0 aromatic rings. The van der Waals surface area contributed by atoms with Crippen LogP contribution in [0.2, 0.25) is 0 Å². The van der Waals surface area contributed by atoms with Crippen LogP contribution in [0, 0.1) is 5.92 Å². The molecule has 2 heteroatoms.